The molecule has 0 radical (unpaired) electrons. The van der Waals surface area contributed by atoms with E-state index in [4.69, 9.17) is 10.5 Å². The fraction of sp³-hybridized carbons (Fsp3) is 0.286. The second-order valence-corrected chi connectivity index (χ2v) is 8.94. The standard InChI is InChI=1S/C21H21N3OS2/c1-13(2)24-11-14(9-15-5-3-7-26-15)20-17(12-24)19(18-6-4-8-27-18)16(10-22)21(23)25-20/h3-9,13,19H,11-12,23H2,1-2H3/b14-9+/t19-/m0/s1. The predicted octanol–water partition coefficient (Wildman–Crippen LogP) is 4.68. The third-order valence-corrected chi connectivity index (χ3v) is 6.74. The Morgan fingerprint density at radius 3 is 2.67 bits per heavy atom. The molecule has 0 aliphatic carbocycles. The van der Waals surface area contributed by atoms with E-state index in [2.05, 4.69) is 48.4 Å². The summed E-state index contributed by atoms with van der Waals surface area (Å²) in [5.41, 5.74) is 8.95. The molecule has 4 rings (SSSR count). The van der Waals surface area contributed by atoms with E-state index in [-0.39, 0.29) is 11.8 Å². The minimum atomic E-state index is -0.132. The molecule has 2 N–H and O–H groups in total. The van der Waals surface area contributed by atoms with Gasteiger partial charge in [0, 0.05) is 40.0 Å². The molecule has 6 heteroatoms. The molecule has 0 unspecified atom stereocenters. The molecular weight excluding hydrogens is 374 g/mol. The van der Waals surface area contributed by atoms with Crippen molar-refractivity contribution in [2.24, 2.45) is 5.73 Å². The van der Waals surface area contributed by atoms with Gasteiger partial charge in [-0.2, -0.15) is 5.26 Å². The van der Waals surface area contributed by atoms with Crippen LogP contribution in [-0.4, -0.2) is 24.0 Å². The van der Waals surface area contributed by atoms with Crippen LogP contribution in [0.3, 0.4) is 0 Å². The summed E-state index contributed by atoms with van der Waals surface area (Å²) in [7, 11) is 0. The van der Waals surface area contributed by atoms with Crippen molar-refractivity contribution >= 4 is 28.7 Å². The van der Waals surface area contributed by atoms with Gasteiger partial charge in [-0.1, -0.05) is 12.1 Å². The van der Waals surface area contributed by atoms with Gasteiger partial charge in [0.15, 0.2) is 0 Å². The molecule has 0 spiro atoms. The molecule has 1 atom stereocenters. The van der Waals surface area contributed by atoms with Crippen molar-refractivity contribution in [1.29, 1.82) is 5.26 Å². The maximum absolute atomic E-state index is 9.76. The lowest BCUT2D eigenvalue weighted by atomic mass is 9.83. The zero-order valence-electron chi connectivity index (χ0n) is 15.3. The molecule has 0 fully saturated rings. The predicted molar refractivity (Wildman–Crippen MR) is 111 cm³/mol. The summed E-state index contributed by atoms with van der Waals surface area (Å²) in [6.07, 6.45) is 2.19. The second kappa shape index (κ2) is 7.35. The number of ether oxygens (including phenoxy) is 1. The van der Waals surface area contributed by atoms with Crippen LogP contribution < -0.4 is 5.73 Å². The van der Waals surface area contributed by atoms with Crippen LogP contribution in [0, 0.1) is 11.3 Å². The molecule has 0 amide bonds. The van der Waals surface area contributed by atoms with Gasteiger partial charge in [0.1, 0.15) is 17.4 Å². The van der Waals surface area contributed by atoms with Gasteiger partial charge in [-0.05, 0) is 42.8 Å². The molecule has 4 heterocycles. The number of nitrogens with zero attached hydrogens (tertiary/aromatic N) is 2. The average Bonchev–Trinajstić information content (AvgIpc) is 3.34. The van der Waals surface area contributed by atoms with Crippen molar-refractivity contribution in [2.75, 3.05) is 13.1 Å². The Kier molecular flexibility index (Phi) is 4.92. The van der Waals surface area contributed by atoms with Crippen molar-refractivity contribution in [3.05, 3.63) is 73.1 Å². The first-order chi connectivity index (χ1) is 13.1. The smallest absolute Gasteiger partial charge is 0.205 e. The first-order valence-corrected chi connectivity index (χ1v) is 10.7. The topological polar surface area (TPSA) is 62.3 Å². The lowest BCUT2D eigenvalue weighted by Crippen LogP contribution is -2.41. The van der Waals surface area contributed by atoms with Crippen molar-refractivity contribution < 1.29 is 4.74 Å². The number of thiophene rings is 2. The molecule has 0 saturated carbocycles. The van der Waals surface area contributed by atoms with E-state index < -0.39 is 0 Å². The highest BCUT2D eigenvalue weighted by Gasteiger charge is 2.38. The molecule has 0 saturated heterocycles. The Hall–Kier alpha value is -2.33. The van der Waals surface area contributed by atoms with Crippen LogP contribution in [0.5, 0.6) is 0 Å². The number of nitrogens with two attached hydrogens (primary N) is 1. The molecule has 2 aromatic rings. The van der Waals surface area contributed by atoms with E-state index in [9.17, 15) is 5.26 Å². The van der Waals surface area contributed by atoms with E-state index in [1.54, 1.807) is 22.7 Å². The largest absolute Gasteiger partial charge is 0.440 e. The zero-order chi connectivity index (χ0) is 19.0. The molecule has 27 heavy (non-hydrogen) atoms. The minimum Gasteiger partial charge on any atom is -0.440 e. The van der Waals surface area contributed by atoms with Gasteiger partial charge in [-0.25, -0.2) is 0 Å². The van der Waals surface area contributed by atoms with Gasteiger partial charge >= 0.3 is 0 Å². The van der Waals surface area contributed by atoms with Crippen LogP contribution in [0.4, 0.5) is 0 Å². The van der Waals surface area contributed by atoms with Gasteiger partial charge in [0.2, 0.25) is 5.88 Å². The van der Waals surface area contributed by atoms with E-state index in [0.29, 0.717) is 11.6 Å². The van der Waals surface area contributed by atoms with Crippen molar-refractivity contribution in [3.63, 3.8) is 0 Å². The summed E-state index contributed by atoms with van der Waals surface area (Å²) in [4.78, 5) is 4.73. The Labute approximate surface area is 167 Å². The minimum absolute atomic E-state index is 0.132. The lowest BCUT2D eigenvalue weighted by molar-refractivity contribution is 0.208. The molecule has 0 aromatic carbocycles. The molecular formula is C21H21N3OS2. The molecule has 2 aliphatic heterocycles. The third kappa shape index (κ3) is 3.34. The summed E-state index contributed by atoms with van der Waals surface area (Å²) in [6.45, 7) is 5.98. The highest BCUT2D eigenvalue weighted by molar-refractivity contribution is 7.10. The maximum atomic E-state index is 9.76. The summed E-state index contributed by atoms with van der Waals surface area (Å²) in [6, 6.07) is 10.9. The SMILES string of the molecule is CC(C)N1CC2=C(OC(N)=C(C#N)[C@@H]2c2cccs2)/C(=C/c2cccs2)C1. The zero-order valence-corrected chi connectivity index (χ0v) is 16.9. The van der Waals surface area contributed by atoms with Crippen molar-refractivity contribution in [2.45, 2.75) is 25.8 Å². The van der Waals surface area contributed by atoms with Gasteiger partial charge in [0.25, 0.3) is 0 Å². The molecule has 4 nitrogen and oxygen atoms in total. The van der Waals surface area contributed by atoms with Crippen LogP contribution in [0.1, 0.15) is 29.5 Å². The quantitative estimate of drug-likeness (QED) is 0.820. The number of nitriles is 1. The number of rotatable bonds is 3. The maximum Gasteiger partial charge on any atom is 0.205 e. The van der Waals surface area contributed by atoms with Crippen LogP contribution in [-0.2, 0) is 4.74 Å². The highest BCUT2D eigenvalue weighted by atomic mass is 32.1. The third-order valence-electron chi connectivity index (χ3n) is 4.98. The summed E-state index contributed by atoms with van der Waals surface area (Å²) < 4.78 is 6.04. The number of hydrogen-bond donors (Lipinski definition) is 1. The van der Waals surface area contributed by atoms with Crippen LogP contribution in [0.2, 0.25) is 0 Å². The average molecular weight is 396 g/mol. The first-order valence-electron chi connectivity index (χ1n) is 8.91. The lowest BCUT2D eigenvalue weighted by Gasteiger charge is -2.39. The number of allylic oxidation sites excluding steroid dienone is 1. The summed E-state index contributed by atoms with van der Waals surface area (Å²) in [5.74, 6) is 0.937. The van der Waals surface area contributed by atoms with Crippen molar-refractivity contribution in [3.8, 4) is 6.07 Å². The Morgan fingerprint density at radius 2 is 2.04 bits per heavy atom. The fourth-order valence-electron chi connectivity index (χ4n) is 3.59. The monoisotopic (exact) mass is 395 g/mol. The summed E-state index contributed by atoms with van der Waals surface area (Å²) in [5, 5.41) is 13.9. The fourth-order valence-corrected chi connectivity index (χ4v) is 5.14. The van der Waals surface area contributed by atoms with E-state index in [1.807, 2.05) is 17.5 Å². The van der Waals surface area contributed by atoms with E-state index in [1.165, 1.54) is 4.88 Å². The molecule has 138 valence electrons. The van der Waals surface area contributed by atoms with Gasteiger partial charge in [0.05, 0.1) is 5.92 Å². The second-order valence-electron chi connectivity index (χ2n) is 6.98. The number of hydrogen-bond acceptors (Lipinski definition) is 6. The Bertz CT molecular complexity index is 960. The van der Waals surface area contributed by atoms with Gasteiger partial charge in [-0.15, -0.1) is 22.7 Å². The van der Waals surface area contributed by atoms with Crippen LogP contribution in [0.15, 0.2) is 63.4 Å². The Morgan fingerprint density at radius 1 is 1.26 bits per heavy atom. The van der Waals surface area contributed by atoms with Gasteiger partial charge in [-0.3, -0.25) is 4.90 Å². The van der Waals surface area contributed by atoms with Gasteiger partial charge < -0.3 is 10.5 Å². The highest BCUT2D eigenvalue weighted by Crippen LogP contribution is 2.45. The normalized spacial score (nSPS) is 22.1. The van der Waals surface area contributed by atoms with E-state index >= 15 is 0 Å². The van der Waals surface area contributed by atoms with Crippen molar-refractivity contribution in [1.82, 2.24) is 4.90 Å². The molecule has 2 aliphatic rings. The summed E-state index contributed by atoms with van der Waals surface area (Å²) >= 11 is 3.36. The van der Waals surface area contributed by atoms with Crippen LogP contribution >= 0.6 is 22.7 Å². The van der Waals surface area contributed by atoms with Crippen LogP contribution in [0.25, 0.3) is 6.08 Å². The molecule has 2 aromatic heterocycles. The first kappa shape index (κ1) is 18.1. The Balaban J connectivity index is 1.87. The van der Waals surface area contributed by atoms with E-state index in [0.717, 1.165) is 34.9 Å². The molecule has 0 bridgehead atoms.